The first kappa shape index (κ1) is 12.4. The van der Waals surface area contributed by atoms with Crippen LogP contribution >= 0.6 is 38.5 Å². The Balaban J connectivity index is 2.22. The predicted molar refractivity (Wildman–Crippen MR) is 76.6 cm³/mol. The van der Waals surface area contributed by atoms with Gasteiger partial charge < -0.3 is 4.90 Å². The van der Waals surface area contributed by atoms with E-state index in [9.17, 15) is 4.79 Å². The summed E-state index contributed by atoms with van der Waals surface area (Å²) < 4.78 is 1.99. The Morgan fingerprint density at radius 2 is 1.94 bits per heavy atom. The molecule has 1 aliphatic rings. The van der Waals surface area contributed by atoms with Crippen molar-refractivity contribution in [1.29, 1.82) is 0 Å². The molecule has 1 amide bonds. The summed E-state index contributed by atoms with van der Waals surface area (Å²) in [5.74, 6) is 0.157. The van der Waals surface area contributed by atoms with Crippen LogP contribution in [0.5, 0.6) is 0 Å². The number of benzene rings is 1. The number of likely N-dealkylation sites (tertiary alicyclic amines) is 1. The summed E-state index contributed by atoms with van der Waals surface area (Å²) in [6, 6.07) is 5.89. The third-order valence-corrected chi connectivity index (χ3v) is 4.16. The molecular weight excluding hydrogens is 381 g/mol. The summed E-state index contributed by atoms with van der Waals surface area (Å²) in [6.07, 6.45) is 3.51. The van der Waals surface area contributed by atoms with Gasteiger partial charge in [0.05, 0.1) is 5.56 Å². The highest BCUT2D eigenvalue weighted by atomic mass is 127. The molecule has 2 nitrogen and oxygen atoms in total. The van der Waals surface area contributed by atoms with Gasteiger partial charge >= 0.3 is 0 Å². The summed E-state index contributed by atoms with van der Waals surface area (Å²) in [5.41, 5.74) is 0.786. The summed E-state index contributed by atoms with van der Waals surface area (Å²) in [4.78, 5) is 14.2. The first-order valence-electron chi connectivity index (χ1n) is 5.43. The maximum Gasteiger partial charge on any atom is 0.255 e. The molecular formula is C12H13BrINO. The minimum Gasteiger partial charge on any atom is -0.339 e. The van der Waals surface area contributed by atoms with Crippen LogP contribution in [0, 0.1) is 3.57 Å². The van der Waals surface area contributed by atoms with Crippen LogP contribution < -0.4 is 0 Å². The largest absolute Gasteiger partial charge is 0.339 e. The highest BCUT2D eigenvalue weighted by Gasteiger charge is 2.20. The third-order valence-electron chi connectivity index (χ3n) is 2.80. The van der Waals surface area contributed by atoms with Crippen molar-refractivity contribution in [3.05, 3.63) is 31.8 Å². The zero-order chi connectivity index (χ0) is 11.5. The molecule has 2 rings (SSSR count). The van der Waals surface area contributed by atoms with E-state index in [0.717, 1.165) is 39.5 Å². The second kappa shape index (κ2) is 5.49. The molecule has 1 heterocycles. The Hall–Kier alpha value is -0.100. The zero-order valence-corrected chi connectivity index (χ0v) is 12.6. The van der Waals surface area contributed by atoms with Crippen molar-refractivity contribution in [2.45, 2.75) is 19.3 Å². The Morgan fingerprint density at radius 3 is 2.62 bits per heavy atom. The molecule has 1 aromatic carbocycles. The van der Waals surface area contributed by atoms with Crippen molar-refractivity contribution in [3.63, 3.8) is 0 Å². The second-order valence-electron chi connectivity index (χ2n) is 3.98. The van der Waals surface area contributed by atoms with E-state index in [1.54, 1.807) is 0 Å². The van der Waals surface area contributed by atoms with Gasteiger partial charge in [0.2, 0.25) is 0 Å². The maximum absolute atomic E-state index is 12.3. The van der Waals surface area contributed by atoms with Gasteiger partial charge in [0.1, 0.15) is 0 Å². The molecule has 4 heteroatoms. The first-order chi connectivity index (χ1) is 7.68. The maximum atomic E-state index is 12.3. The van der Waals surface area contributed by atoms with E-state index in [-0.39, 0.29) is 5.91 Å². The lowest BCUT2D eigenvalue weighted by Crippen LogP contribution is -2.35. The fourth-order valence-electron chi connectivity index (χ4n) is 1.93. The fourth-order valence-corrected chi connectivity index (χ4v) is 2.84. The van der Waals surface area contributed by atoms with Gasteiger partial charge in [-0.05, 0) is 76.0 Å². The topological polar surface area (TPSA) is 20.3 Å². The van der Waals surface area contributed by atoms with Gasteiger partial charge in [0.25, 0.3) is 5.91 Å². The summed E-state index contributed by atoms with van der Waals surface area (Å²) in [5, 5.41) is 0. The van der Waals surface area contributed by atoms with E-state index in [0.29, 0.717) is 0 Å². The quantitative estimate of drug-likeness (QED) is 0.666. The molecule has 1 saturated heterocycles. The molecule has 0 spiro atoms. The Morgan fingerprint density at radius 1 is 1.25 bits per heavy atom. The molecule has 0 bridgehead atoms. The van der Waals surface area contributed by atoms with Crippen molar-refractivity contribution < 1.29 is 4.79 Å². The molecule has 1 aromatic rings. The number of piperidine rings is 1. The normalized spacial score (nSPS) is 16.2. The lowest BCUT2D eigenvalue weighted by Gasteiger charge is -2.27. The van der Waals surface area contributed by atoms with E-state index in [2.05, 4.69) is 38.5 Å². The van der Waals surface area contributed by atoms with Crippen LogP contribution in [0.25, 0.3) is 0 Å². The van der Waals surface area contributed by atoms with Gasteiger partial charge in [-0.2, -0.15) is 0 Å². The van der Waals surface area contributed by atoms with Crippen molar-refractivity contribution in [1.82, 2.24) is 4.90 Å². The number of carbonyl (C=O) groups excluding carboxylic acids is 1. The standard InChI is InChI=1S/C12H13BrINO/c13-11-5-4-9(14)8-10(11)12(16)15-6-2-1-3-7-15/h4-5,8H,1-3,6-7H2. The van der Waals surface area contributed by atoms with Crippen molar-refractivity contribution in [2.75, 3.05) is 13.1 Å². The monoisotopic (exact) mass is 393 g/mol. The first-order valence-corrected chi connectivity index (χ1v) is 7.30. The molecule has 0 N–H and O–H groups in total. The number of hydrogen-bond donors (Lipinski definition) is 0. The smallest absolute Gasteiger partial charge is 0.255 e. The number of rotatable bonds is 1. The molecule has 0 saturated carbocycles. The number of carbonyl (C=O) groups is 1. The van der Waals surface area contributed by atoms with Crippen molar-refractivity contribution in [2.24, 2.45) is 0 Å². The van der Waals surface area contributed by atoms with Crippen LogP contribution in [0.15, 0.2) is 22.7 Å². The molecule has 0 unspecified atom stereocenters. The van der Waals surface area contributed by atoms with Gasteiger partial charge in [-0.15, -0.1) is 0 Å². The van der Waals surface area contributed by atoms with E-state index in [1.807, 2.05) is 23.1 Å². The molecule has 0 atom stereocenters. The van der Waals surface area contributed by atoms with Gasteiger partial charge in [0.15, 0.2) is 0 Å². The number of amides is 1. The number of hydrogen-bond acceptors (Lipinski definition) is 1. The highest BCUT2D eigenvalue weighted by Crippen LogP contribution is 2.22. The average molecular weight is 394 g/mol. The van der Waals surface area contributed by atoms with Crippen LogP contribution in [-0.4, -0.2) is 23.9 Å². The van der Waals surface area contributed by atoms with Crippen LogP contribution in [0.3, 0.4) is 0 Å². The summed E-state index contributed by atoms with van der Waals surface area (Å²) in [7, 11) is 0. The molecule has 86 valence electrons. The van der Waals surface area contributed by atoms with E-state index < -0.39 is 0 Å². The third kappa shape index (κ3) is 2.77. The van der Waals surface area contributed by atoms with Gasteiger partial charge in [0, 0.05) is 21.1 Å². The zero-order valence-electron chi connectivity index (χ0n) is 8.88. The Kier molecular flexibility index (Phi) is 4.24. The van der Waals surface area contributed by atoms with Crippen molar-refractivity contribution in [3.8, 4) is 0 Å². The van der Waals surface area contributed by atoms with Gasteiger partial charge in [-0.1, -0.05) is 0 Å². The average Bonchev–Trinajstić information content (AvgIpc) is 2.32. The van der Waals surface area contributed by atoms with Crippen LogP contribution in [-0.2, 0) is 0 Å². The minimum atomic E-state index is 0.157. The van der Waals surface area contributed by atoms with E-state index in [4.69, 9.17) is 0 Å². The van der Waals surface area contributed by atoms with Crippen LogP contribution in [0.4, 0.5) is 0 Å². The van der Waals surface area contributed by atoms with Gasteiger partial charge in [-0.3, -0.25) is 4.79 Å². The number of nitrogens with zero attached hydrogens (tertiary/aromatic N) is 1. The van der Waals surface area contributed by atoms with Gasteiger partial charge in [-0.25, -0.2) is 0 Å². The van der Waals surface area contributed by atoms with Crippen LogP contribution in [0.2, 0.25) is 0 Å². The summed E-state index contributed by atoms with van der Waals surface area (Å²) in [6.45, 7) is 1.80. The van der Waals surface area contributed by atoms with Crippen molar-refractivity contribution >= 4 is 44.4 Å². The molecule has 0 aliphatic carbocycles. The number of halogens is 2. The summed E-state index contributed by atoms with van der Waals surface area (Å²) >= 11 is 5.68. The molecule has 1 fully saturated rings. The lowest BCUT2D eigenvalue weighted by atomic mass is 10.1. The van der Waals surface area contributed by atoms with E-state index in [1.165, 1.54) is 6.42 Å². The molecule has 0 aromatic heterocycles. The SMILES string of the molecule is O=C(c1cc(I)ccc1Br)N1CCCCC1. The predicted octanol–water partition coefficient (Wildman–Crippen LogP) is 3.68. The van der Waals surface area contributed by atoms with E-state index >= 15 is 0 Å². The fraction of sp³-hybridized carbons (Fsp3) is 0.417. The molecule has 1 aliphatic heterocycles. The Labute approximate surface area is 118 Å². The minimum absolute atomic E-state index is 0.157. The Bertz CT molecular complexity index is 402. The molecule has 0 radical (unpaired) electrons. The van der Waals surface area contributed by atoms with Crippen LogP contribution in [0.1, 0.15) is 29.6 Å². The second-order valence-corrected chi connectivity index (χ2v) is 6.08. The highest BCUT2D eigenvalue weighted by molar-refractivity contribution is 14.1. The molecule has 16 heavy (non-hydrogen) atoms. The lowest BCUT2D eigenvalue weighted by molar-refractivity contribution is 0.0723.